The highest BCUT2D eigenvalue weighted by molar-refractivity contribution is 7.94. The molecule has 1 aromatic heterocycles. The van der Waals surface area contributed by atoms with Crippen LogP contribution < -0.4 is 14.3 Å². The summed E-state index contributed by atoms with van der Waals surface area (Å²) < 4.78 is 32.1. The molecule has 0 fully saturated rings. The molecule has 2 aromatic rings. The monoisotopic (exact) mass is 314 g/mol. The zero-order valence-corrected chi connectivity index (χ0v) is 12.8. The minimum absolute atomic E-state index is 0.0230. The van der Waals surface area contributed by atoms with Crippen molar-refractivity contribution in [3.63, 3.8) is 0 Å². The molecule has 0 aliphatic carbocycles. The van der Waals surface area contributed by atoms with Gasteiger partial charge in [0.05, 0.1) is 12.8 Å². The molecule has 0 bridgehead atoms. The summed E-state index contributed by atoms with van der Waals surface area (Å²) in [6, 6.07) is 5.12. The lowest BCUT2D eigenvalue weighted by Crippen LogP contribution is -2.13. The average Bonchev–Trinajstić information content (AvgIpc) is 2.71. The SMILES string of the molecule is COc1cc(C)ccc1NS(=O)(=O)c1sc(=O)[nH]c1C. The van der Waals surface area contributed by atoms with Gasteiger partial charge in [0.2, 0.25) is 0 Å². The molecule has 0 spiro atoms. The van der Waals surface area contributed by atoms with Gasteiger partial charge >= 0.3 is 4.87 Å². The van der Waals surface area contributed by atoms with Crippen LogP contribution >= 0.6 is 11.3 Å². The normalized spacial score (nSPS) is 11.3. The molecular weight excluding hydrogens is 300 g/mol. The summed E-state index contributed by atoms with van der Waals surface area (Å²) in [5.41, 5.74) is 1.60. The Balaban J connectivity index is 2.43. The number of anilines is 1. The van der Waals surface area contributed by atoms with Gasteiger partial charge in [-0.15, -0.1) is 0 Å². The van der Waals surface area contributed by atoms with Crippen LogP contribution in [0.15, 0.2) is 27.2 Å². The van der Waals surface area contributed by atoms with Crippen molar-refractivity contribution in [2.24, 2.45) is 0 Å². The van der Waals surface area contributed by atoms with Gasteiger partial charge in [-0.2, -0.15) is 0 Å². The Morgan fingerprint density at radius 1 is 1.30 bits per heavy atom. The number of hydrogen-bond donors (Lipinski definition) is 2. The maximum atomic E-state index is 12.3. The molecule has 0 saturated heterocycles. The number of aryl methyl sites for hydroxylation is 2. The number of aromatic amines is 1. The number of sulfonamides is 1. The van der Waals surface area contributed by atoms with E-state index in [1.165, 1.54) is 7.11 Å². The van der Waals surface area contributed by atoms with Gasteiger partial charge in [0.15, 0.2) is 4.21 Å². The number of nitrogens with one attached hydrogen (secondary N) is 2. The highest BCUT2D eigenvalue weighted by Crippen LogP contribution is 2.28. The van der Waals surface area contributed by atoms with E-state index < -0.39 is 14.9 Å². The molecule has 0 saturated carbocycles. The van der Waals surface area contributed by atoms with Gasteiger partial charge in [0.25, 0.3) is 10.0 Å². The van der Waals surface area contributed by atoms with Gasteiger partial charge in [-0.1, -0.05) is 17.4 Å². The average molecular weight is 314 g/mol. The summed E-state index contributed by atoms with van der Waals surface area (Å²) in [5, 5.41) is 0. The molecule has 108 valence electrons. The second-order valence-electron chi connectivity index (χ2n) is 4.24. The predicted octanol–water partition coefficient (Wildman–Crippen LogP) is 1.86. The first-order chi connectivity index (χ1) is 9.33. The van der Waals surface area contributed by atoms with Gasteiger partial charge in [-0.25, -0.2) is 8.42 Å². The molecule has 20 heavy (non-hydrogen) atoms. The van der Waals surface area contributed by atoms with Crippen LogP contribution in [-0.4, -0.2) is 20.5 Å². The molecule has 0 radical (unpaired) electrons. The van der Waals surface area contributed by atoms with Crippen molar-refractivity contribution in [3.05, 3.63) is 39.1 Å². The lowest BCUT2D eigenvalue weighted by Gasteiger charge is -2.11. The van der Waals surface area contributed by atoms with Crippen LogP contribution in [0.2, 0.25) is 0 Å². The summed E-state index contributed by atoms with van der Waals surface area (Å²) in [7, 11) is -2.35. The Bertz CT molecular complexity index is 790. The Kier molecular flexibility index (Phi) is 3.87. The van der Waals surface area contributed by atoms with Gasteiger partial charge in [0, 0.05) is 5.69 Å². The number of aromatic nitrogens is 1. The minimum Gasteiger partial charge on any atom is -0.495 e. The maximum Gasteiger partial charge on any atom is 0.306 e. The van der Waals surface area contributed by atoms with Crippen LogP contribution in [-0.2, 0) is 10.0 Å². The topological polar surface area (TPSA) is 88.3 Å². The minimum atomic E-state index is -3.81. The Labute approximate surface area is 120 Å². The lowest BCUT2D eigenvalue weighted by molar-refractivity contribution is 0.416. The molecule has 2 N–H and O–H groups in total. The molecule has 2 rings (SSSR count). The molecule has 8 heteroatoms. The van der Waals surface area contributed by atoms with Crippen molar-refractivity contribution in [2.75, 3.05) is 11.8 Å². The standard InChI is InChI=1S/C12H14N2O4S2/c1-7-4-5-9(10(6-7)18-3)14-20(16,17)11-8(2)13-12(15)19-11/h4-6,14H,1-3H3,(H,13,15). The highest BCUT2D eigenvalue weighted by Gasteiger charge is 2.22. The molecule has 1 aromatic carbocycles. The van der Waals surface area contributed by atoms with Crippen molar-refractivity contribution in [1.82, 2.24) is 4.98 Å². The third kappa shape index (κ3) is 2.86. The van der Waals surface area contributed by atoms with Crippen LogP contribution in [0.4, 0.5) is 5.69 Å². The van der Waals surface area contributed by atoms with Crippen LogP contribution in [0.5, 0.6) is 5.75 Å². The smallest absolute Gasteiger partial charge is 0.306 e. The fourth-order valence-electron chi connectivity index (χ4n) is 1.72. The van der Waals surface area contributed by atoms with Crippen molar-refractivity contribution >= 4 is 27.0 Å². The molecule has 0 aliphatic heterocycles. The van der Waals surface area contributed by atoms with E-state index in [4.69, 9.17) is 4.74 Å². The van der Waals surface area contributed by atoms with Crippen molar-refractivity contribution in [3.8, 4) is 5.75 Å². The van der Waals surface area contributed by atoms with Gasteiger partial charge in [0.1, 0.15) is 5.75 Å². The third-order valence-electron chi connectivity index (χ3n) is 2.63. The summed E-state index contributed by atoms with van der Waals surface area (Å²) in [6.07, 6.45) is 0. The summed E-state index contributed by atoms with van der Waals surface area (Å²) >= 11 is 0.655. The first kappa shape index (κ1) is 14.6. The second kappa shape index (κ2) is 5.29. The summed E-state index contributed by atoms with van der Waals surface area (Å²) in [4.78, 5) is 13.3. The molecule has 0 amide bonds. The quantitative estimate of drug-likeness (QED) is 0.901. The zero-order chi connectivity index (χ0) is 14.9. The van der Waals surface area contributed by atoms with Crippen molar-refractivity contribution in [2.45, 2.75) is 18.1 Å². The van der Waals surface area contributed by atoms with E-state index >= 15 is 0 Å². The van der Waals surface area contributed by atoms with Crippen LogP contribution in [0.25, 0.3) is 0 Å². The van der Waals surface area contributed by atoms with E-state index in [1.54, 1.807) is 25.1 Å². The Morgan fingerprint density at radius 2 is 2.00 bits per heavy atom. The second-order valence-corrected chi connectivity index (χ2v) is 7.10. The van der Waals surface area contributed by atoms with E-state index in [9.17, 15) is 13.2 Å². The zero-order valence-electron chi connectivity index (χ0n) is 11.2. The fourth-order valence-corrected chi connectivity index (χ4v) is 4.09. The highest BCUT2D eigenvalue weighted by atomic mass is 32.2. The van der Waals surface area contributed by atoms with Crippen molar-refractivity contribution in [1.29, 1.82) is 0 Å². The largest absolute Gasteiger partial charge is 0.495 e. The lowest BCUT2D eigenvalue weighted by atomic mass is 10.2. The summed E-state index contributed by atoms with van der Waals surface area (Å²) in [5.74, 6) is 0.425. The van der Waals surface area contributed by atoms with Crippen molar-refractivity contribution < 1.29 is 13.2 Å². The molecule has 0 aliphatic rings. The number of hydrogen-bond acceptors (Lipinski definition) is 5. The van der Waals surface area contributed by atoms with E-state index in [0.717, 1.165) is 5.56 Å². The van der Waals surface area contributed by atoms with Gasteiger partial charge in [-0.3, -0.25) is 9.52 Å². The third-order valence-corrected chi connectivity index (χ3v) is 5.60. The van der Waals surface area contributed by atoms with E-state index in [1.807, 2.05) is 6.92 Å². The number of H-pyrrole nitrogens is 1. The van der Waals surface area contributed by atoms with Gasteiger partial charge in [-0.05, 0) is 31.5 Å². The fraction of sp³-hybridized carbons (Fsp3) is 0.250. The first-order valence-electron chi connectivity index (χ1n) is 5.70. The molecule has 6 nitrogen and oxygen atoms in total. The molecule has 0 atom stereocenters. The number of thiazole rings is 1. The predicted molar refractivity (Wildman–Crippen MR) is 78.2 cm³/mol. The summed E-state index contributed by atoms with van der Waals surface area (Å²) in [6.45, 7) is 3.42. The molecular formula is C12H14N2O4S2. The Hall–Kier alpha value is -1.80. The van der Waals surface area contributed by atoms with Crippen LogP contribution in [0, 0.1) is 13.8 Å². The number of rotatable bonds is 4. The molecule has 0 unspecified atom stereocenters. The molecule has 1 heterocycles. The Morgan fingerprint density at radius 3 is 2.55 bits per heavy atom. The van der Waals surface area contributed by atoms with E-state index in [-0.39, 0.29) is 4.21 Å². The van der Waals surface area contributed by atoms with E-state index in [0.29, 0.717) is 28.5 Å². The van der Waals surface area contributed by atoms with Crippen LogP contribution in [0.3, 0.4) is 0 Å². The number of methoxy groups -OCH3 is 1. The first-order valence-corrected chi connectivity index (χ1v) is 8.00. The van der Waals surface area contributed by atoms with E-state index in [2.05, 4.69) is 9.71 Å². The van der Waals surface area contributed by atoms with Gasteiger partial charge < -0.3 is 9.72 Å². The maximum absolute atomic E-state index is 12.3. The number of benzene rings is 1. The number of ether oxygens (including phenoxy) is 1. The van der Waals surface area contributed by atoms with Crippen LogP contribution in [0.1, 0.15) is 11.3 Å².